The van der Waals surface area contributed by atoms with Crippen molar-refractivity contribution in [3.8, 4) is 16.3 Å². The van der Waals surface area contributed by atoms with Gasteiger partial charge in [-0.05, 0) is 62.1 Å². The molecular formula is C29H35F3N4O4S4. The third-order valence-electron chi connectivity index (χ3n) is 6.32. The second-order valence-electron chi connectivity index (χ2n) is 11.1. The maximum atomic E-state index is 13.7. The normalized spacial score (nSPS) is 13.0. The first-order valence-electron chi connectivity index (χ1n) is 13.5. The molecule has 2 heterocycles. The van der Waals surface area contributed by atoms with Crippen LogP contribution in [0.1, 0.15) is 40.9 Å². The van der Waals surface area contributed by atoms with E-state index in [1.807, 2.05) is 13.8 Å². The lowest BCUT2D eigenvalue weighted by Gasteiger charge is -2.26. The lowest BCUT2D eigenvalue weighted by Crippen LogP contribution is -2.33. The fraction of sp³-hybridized carbons (Fsp3) is 0.414. The van der Waals surface area contributed by atoms with Crippen molar-refractivity contribution in [2.45, 2.75) is 44.4 Å². The highest BCUT2D eigenvalue weighted by Gasteiger charge is 2.31. The Morgan fingerprint density at radius 3 is 2.18 bits per heavy atom. The molecule has 0 N–H and O–H groups in total. The van der Waals surface area contributed by atoms with Crippen LogP contribution in [0.25, 0.3) is 10.6 Å². The van der Waals surface area contributed by atoms with Crippen LogP contribution in [0.3, 0.4) is 0 Å². The molecule has 44 heavy (non-hydrogen) atoms. The zero-order valence-electron chi connectivity index (χ0n) is 25.2. The number of halogens is 3. The molecule has 4 rings (SSSR count). The van der Waals surface area contributed by atoms with Crippen molar-refractivity contribution in [1.82, 2.24) is 15.2 Å². The molecule has 0 unspecified atom stereocenters. The van der Waals surface area contributed by atoms with Crippen molar-refractivity contribution in [3.63, 3.8) is 0 Å². The van der Waals surface area contributed by atoms with E-state index >= 15 is 0 Å². The Balaban J connectivity index is 1.46. The fourth-order valence-electron chi connectivity index (χ4n) is 3.72. The molecule has 2 aromatic heterocycles. The van der Waals surface area contributed by atoms with Gasteiger partial charge in [-0.15, -0.1) is 21.5 Å². The van der Waals surface area contributed by atoms with Crippen LogP contribution >= 0.6 is 32.7 Å². The lowest BCUT2D eigenvalue weighted by molar-refractivity contribution is -0.137. The summed E-state index contributed by atoms with van der Waals surface area (Å²) in [6, 6.07) is 10.9. The molecule has 0 aliphatic carbocycles. The zero-order valence-corrected chi connectivity index (χ0v) is 28.5. The minimum Gasteiger partial charge on any atom is -0.488 e. The van der Waals surface area contributed by atoms with E-state index in [1.165, 1.54) is 46.9 Å². The highest BCUT2D eigenvalue weighted by Crippen LogP contribution is 2.35. The number of alkyl halides is 3. The van der Waals surface area contributed by atoms with Crippen LogP contribution in [0.2, 0.25) is 0 Å². The molecule has 0 aliphatic rings. The molecule has 4 aromatic rings. The van der Waals surface area contributed by atoms with Crippen molar-refractivity contribution in [1.29, 1.82) is 0 Å². The van der Waals surface area contributed by atoms with E-state index in [-0.39, 0.29) is 29.3 Å². The Bertz CT molecular complexity index is 1650. The summed E-state index contributed by atoms with van der Waals surface area (Å²) in [7, 11) is -4.83. The smallest absolute Gasteiger partial charge is 0.416 e. The first kappa shape index (κ1) is 34.2. The first-order valence-corrected chi connectivity index (χ1v) is 19.6. The fourth-order valence-corrected chi connectivity index (χ4v) is 7.65. The summed E-state index contributed by atoms with van der Waals surface area (Å²) in [4.78, 5) is 5.34. The molecule has 0 atom stereocenters. The molecule has 8 nitrogen and oxygen atoms in total. The number of thiazole rings is 1. The van der Waals surface area contributed by atoms with E-state index in [4.69, 9.17) is 9.47 Å². The number of ether oxygens (including phenoxy) is 2. The number of hydrogen-bond donors (Lipinski definition) is 0. The predicted molar refractivity (Wildman–Crippen MR) is 173 cm³/mol. The molecule has 0 radical (unpaired) electrons. The second kappa shape index (κ2) is 13.7. The van der Waals surface area contributed by atoms with Gasteiger partial charge in [0.25, 0.3) is 10.0 Å². The molecule has 0 amide bonds. The quantitative estimate of drug-likeness (QED) is 0.106. The van der Waals surface area contributed by atoms with E-state index in [9.17, 15) is 21.6 Å². The molecule has 0 aliphatic heterocycles. The topological polar surface area (TPSA) is 94.5 Å². The Morgan fingerprint density at radius 2 is 1.61 bits per heavy atom. The molecule has 15 heteroatoms. The molecule has 0 saturated carbocycles. The monoisotopic (exact) mass is 688 g/mol. The van der Waals surface area contributed by atoms with E-state index in [0.717, 1.165) is 32.1 Å². The molecule has 0 bridgehead atoms. The Hall–Kier alpha value is -2.72. The van der Waals surface area contributed by atoms with Crippen LogP contribution in [-0.4, -0.2) is 61.5 Å². The van der Waals surface area contributed by atoms with Gasteiger partial charge >= 0.3 is 6.18 Å². The lowest BCUT2D eigenvalue weighted by atomic mass is 10.1. The summed E-state index contributed by atoms with van der Waals surface area (Å²) in [6.45, 7) is 6.13. The Kier molecular flexibility index (Phi) is 10.7. The van der Waals surface area contributed by atoms with Crippen LogP contribution in [0.4, 0.5) is 18.3 Å². The van der Waals surface area contributed by atoms with Crippen LogP contribution in [0.5, 0.6) is 5.75 Å². The number of sulfonamides is 1. The third-order valence-corrected chi connectivity index (χ3v) is 12.0. The van der Waals surface area contributed by atoms with Gasteiger partial charge in [0.15, 0.2) is 0 Å². The van der Waals surface area contributed by atoms with Gasteiger partial charge in [-0.3, -0.25) is 0 Å². The average Bonchev–Trinajstić information content (AvgIpc) is 3.58. The number of aryl methyl sites for hydroxylation is 1. The summed E-state index contributed by atoms with van der Waals surface area (Å²) in [5.74, 6) is 1.38. The maximum absolute atomic E-state index is 13.7. The van der Waals surface area contributed by atoms with E-state index in [1.54, 1.807) is 19.1 Å². The van der Waals surface area contributed by atoms with Gasteiger partial charge in [0.1, 0.15) is 29.1 Å². The highest BCUT2D eigenvalue weighted by atomic mass is 32.3. The van der Waals surface area contributed by atoms with Gasteiger partial charge in [-0.25, -0.2) is 27.7 Å². The van der Waals surface area contributed by atoms with Gasteiger partial charge in [-0.1, -0.05) is 37.3 Å². The largest absolute Gasteiger partial charge is 0.488 e. The SMILES string of the molecule is Cc1nc(-c2ccc(C(F)(F)F)cc2)sc1COc1ccc(S(=O)(=O)N(COCCS(C)(C)C)c2nnc(C(C)C)s2)cc1. The number of anilines is 1. The Labute approximate surface area is 265 Å². The summed E-state index contributed by atoms with van der Waals surface area (Å²) in [5, 5.41) is 9.85. The van der Waals surface area contributed by atoms with Crippen LogP contribution < -0.4 is 9.04 Å². The summed E-state index contributed by atoms with van der Waals surface area (Å²) in [5.41, 5.74) is 0.561. The standard InChI is InChI=1S/C29H35F3N4O4S4/c1-19(2)26-34-35-28(42-26)36(18-39-15-16-43(4,5)6)44(37,38)24-13-11-23(12-14-24)40-17-25-20(3)33-27(41-25)21-7-9-22(10-8-21)29(30,31)32/h7-14,19H,15-18H2,1-6H3. The summed E-state index contributed by atoms with van der Waals surface area (Å²) in [6.07, 6.45) is 2.10. The van der Waals surface area contributed by atoms with Gasteiger partial charge < -0.3 is 9.47 Å². The number of rotatable bonds is 13. The van der Waals surface area contributed by atoms with Gasteiger partial charge in [0, 0.05) is 17.2 Å². The predicted octanol–water partition coefficient (Wildman–Crippen LogP) is 7.55. The third kappa shape index (κ3) is 8.71. The highest BCUT2D eigenvalue weighted by molar-refractivity contribution is 8.32. The Morgan fingerprint density at radius 1 is 0.955 bits per heavy atom. The number of hydrogen-bond acceptors (Lipinski definition) is 9. The van der Waals surface area contributed by atoms with Crippen molar-refractivity contribution >= 4 is 47.9 Å². The van der Waals surface area contributed by atoms with Crippen LogP contribution in [0, 0.1) is 6.92 Å². The van der Waals surface area contributed by atoms with E-state index in [0.29, 0.717) is 28.6 Å². The molecule has 0 saturated heterocycles. The van der Waals surface area contributed by atoms with E-state index < -0.39 is 31.8 Å². The van der Waals surface area contributed by atoms with Gasteiger partial charge in [-0.2, -0.15) is 13.2 Å². The minimum atomic E-state index is -4.40. The molecular weight excluding hydrogens is 654 g/mol. The van der Waals surface area contributed by atoms with Crippen molar-refractivity contribution in [3.05, 3.63) is 69.7 Å². The molecule has 2 aromatic carbocycles. The van der Waals surface area contributed by atoms with Gasteiger partial charge in [0.2, 0.25) is 5.13 Å². The molecule has 240 valence electrons. The second-order valence-corrected chi connectivity index (χ2v) is 19.6. The summed E-state index contributed by atoms with van der Waals surface area (Å²) >= 11 is 2.54. The maximum Gasteiger partial charge on any atom is 0.416 e. The molecule has 0 spiro atoms. The van der Waals surface area contributed by atoms with Crippen LogP contribution in [-0.2, 0) is 27.5 Å². The number of aromatic nitrogens is 3. The van der Waals surface area contributed by atoms with E-state index in [2.05, 4.69) is 33.9 Å². The average molecular weight is 689 g/mol. The number of nitrogens with zero attached hydrogens (tertiary/aromatic N) is 4. The summed E-state index contributed by atoms with van der Waals surface area (Å²) < 4.78 is 79.1. The van der Waals surface area contributed by atoms with Crippen LogP contribution in [0.15, 0.2) is 53.4 Å². The minimum absolute atomic E-state index is 0.0507. The van der Waals surface area contributed by atoms with Crippen molar-refractivity contribution in [2.24, 2.45) is 0 Å². The van der Waals surface area contributed by atoms with Crippen molar-refractivity contribution < 1.29 is 31.1 Å². The first-order chi connectivity index (χ1) is 20.5. The number of benzene rings is 2. The van der Waals surface area contributed by atoms with Crippen molar-refractivity contribution in [2.75, 3.05) is 42.2 Å². The zero-order chi connectivity index (χ0) is 32.3. The molecule has 0 fully saturated rings. The van der Waals surface area contributed by atoms with Gasteiger partial charge in [0.05, 0.1) is 27.6 Å².